The number of ether oxygens (including phenoxy) is 3. The summed E-state index contributed by atoms with van der Waals surface area (Å²) in [5.41, 5.74) is 0.555. The zero-order valence-electron chi connectivity index (χ0n) is 20.8. The molecule has 0 aromatic heterocycles. The number of unbranched alkanes of at least 4 members (excludes halogenated alkanes) is 2. The van der Waals surface area contributed by atoms with E-state index in [0.717, 1.165) is 25.3 Å². The van der Waals surface area contributed by atoms with Gasteiger partial charge in [-0.2, -0.15) is 0 Å². The van der Waals surface area contributed by atoms with Crippen molar-refractivity contribution >= 4 is 0 Å². The minimum atomic E-state index is -1.63. The summed E-state index contributed by atoms with van der Waals surface area (Å²) in [6.07, 6.45) is 2.61. The molecule has 8 heteroatoms. The van der Waals surface area contributed by atoms with Crippen LogP contribution in [0.3, 0.4) is 0 Å². The lowest BCUT2D eigenvalue weighted by atomic mass is 10.0. The van der Waals surface area contributed by atoms with Gasteiger partial charge in [0, 0.05) is 29.2 Å². The van der Waals surface area contributed by atoms with Gasteiger partial charge in [-0.15, -0.1) is 0 Å². The van der Waals surface area contributed by atoms with Gasteiger partial charge in [0.1, 0.15) is 11.6 Å². The number of hydrogen-bond donors (Lipinski definition) is 0. The van der Waals surface area contributed by atoms with Crippen molar-refractivity contribution in [2.24, 2.45) is 5.92 Å². The zero-order valence-corrected chi connectivity index (χ0v) is 20.8. The SMILES string of the molecule is CCCCCOCC1COC(c2ccc(C#Cc3ccc(-c4cc(F)c(F)c(F)c4)c(F)c3)c(F)c2)OC1. The summed E-state index contributed by atoms with van der Waals surface area (Å²) < 4.78 is 86.7. The second kappa shape index (κ2) is 13.0. The molecule has 0 spiro atoms. The van der Waals surface area contributed by atoms with Crippen LogP contribution < -0.4 is 0 Å². The predicted octanol–water partition coefficient (Wildman–Crippen LogP) is 7.32. The van der Waals surface area contributed by atoms with E-state index in [4.69, 9.17) is 14.2 Å². The van der Waals surface area contributed by atoms with Crippen LogP contribution in [0.5, 0.6) is 0 Å². The Kier molecular flexibility index (Phi) is 9.51. The summed E-state index contributed by atoms with van der Waals surface area (Å²) in [6, 6.07) is 9.60. The Morgan fingerprint density at radius 3 is 2.21 bits per heavy atom. The van der Waals surface area contributed by atoms with E-state index in [1.807, 2.05) is 0 Å². The first kappa shape index (κ1) is 27.8. The van der Waals surface area contributed by atoms with Crippen molar-refractivity contribution in [2.45, 2.75) is 32.5 Å². The van der Waals surface area contributed by atoms with Gasteiger partial charge in [-0.25, -0.2) is 22.0 Å². The maximum absolute atomic E-state index is 14.7. The fraction of sp³-hybridized carbons (Fsp3) is 0.333. The van der Waals surface area contributed by atoms with Gasteiger partial charge < -0.3 is 14.2 Å². The normalized spacial score (nSPS) is 17.2. The monoisotopic (exact) mass is 530 g/mol. The average molecular weight is 531 g/mol. The number of halogens is 5. The molecule has 38 heavy (non-hydrogen) atoms. The molecule has 3 aromatic carbocycles. The fourth-order valence-corrected chi connectivity index (χ4v) is 3.99. The molecule has 0 aliphatic carbocycles. The van der Waals surface area contributed by atoms with Crippen molar-refractivity contribution < 1.29 is 36.2 Å². The number of rotatable bonds is 8. The van der Waals surface area contributed by atoms with Crippen LogP contribution in [-0.2, 0) is 14.2 Å². The summed E-state index contributed by atoms with van der Waals surface area (Å²) in [4.78, 5) is 0. The molecule has 0 saturated carbocycles. The van der Waals surface area contributed by atoms with Gasteiger partial charge in [0.2, 0.25) is 0 Å². The summed E-state index contributed by atoms with van der Waals surface area (Å²) >= 11 is 0. The highest BCUT2D eigenvalue weighted by atomic mass is 19.2. The molecule has 4 rings (SSSR count). The van der Waals surface area contributed by atoms with Crippen LogP contribution in [-0.4, -0.2) is 26.4 Å². The molecule has 0 atom stereocenters. The first-order chi connectivity index (χ1) is 18.4. The standard InChI is InChI=1S/C30H27F5O3/c1-2-3-4-11-36-16-20-17-37-30(38-18-20)22-9-8-21(25(31)13-22)7-5-19-6-10-24(26(32)12-19)23-14-27(33)29(35)28(34)15-23/h6,8-10,12-15,20,30H,2-4,11,16-18H2,1H3. The van der Waals surface area contributed by atoms with Crippen LogP contribution in [0.1, 0.15) is 49.2 Å². The predicted molar refractivity (Wildman–Crippen MR) is 133 cm³/mol. The number of benzene rings is 3. The highest BCUT2D eigenvalue weighted by Gasteiger charge is 2.24. The molecule has 0 radical (unpaired) electrons. The molecule has 1 aliphatic rings. The minimum Gasteiger partial charge on any atom is -0.381 e. The van der Waals surface area contributed by atoms with E-state index in [9.17, 15) is 22.0 Å². The molecule has 0 amide bonds. The largest absolute Gasteiger partial charge is 0.381 e. The Hall–Kier alpha value is -3.25. The number of hydrogen-bond acceptors (Lipinski definition) is 3. The first-order valence-corrected chi connectivity index (χ1v) is 12.4. The van der Waals surface area contributed by atoms with Crippen molar-refractivity contribution in [3.8, 4) is 23.0 Å². The maximum Gasteiger partial charge on any atom is 0.194 e. The lowest BCUT2D eigenvalue weighted by Crippen LogP contribution is -2.30. The van der Waals surface area contributed by atoms with Gasteiger partial charge in [-0.1, -0.05) is 43.7 Å². The highest BCUT2D eigenvalue weighted by Crippen LogP contribution is 2.28. The smallest absolute Gasteiger partial charge is 0.194 e. The lowest BCUT2D eigenvalue weighted by molar-refractivity contribution is -0.212. The van der Waals surface area contributed by atoms with E-state index < -0.39 is 35.4 Å². The van der Waals surface area contributed by atoms with Gasteiger partial charge in [0.05, 0.1) is 25.4 Å². The second-order valence-corrected chi connectivity index (χ2v) is 9.08. The van der Waals surface area contributed by atoms with E-state index in [-0.39, 0.29) is 28.2 Å². The first-order valence-electron chi connectivity index (χ1n) is 12.4. The summed E-state index contributed by atoms with van der Waals surface area (Å²) in [6.45, 7) is 4.30. The van der Waals surface area contributed by atoms with Crippen LogP contribution in [0, 0.1) is 46.8 Å². The Morgan fingerprint density at radius 2 is 1.55 bits per heavy atom. The Labute approximate surface area is 218 Å². The van der Waals surface area contributed by atoms with Crippen LogP contribution in [0.2, 0.25) is 0 Å². The molecule has 1 saturated heterocycles. The van der Waals surface area contributed by atoms with Crippen molar-refractivity contribution in [3.05, 3.63) is 94.3 Å². The third kappa shape index (κ3) is 6.98. The molecule has 3 aromatic rings. The average Bonchev–Trinajstić information content (AvgIpc) is 2.91. The zero-order chi connectivity index (χ0) is 27.1. The Balaban J connectivity index is 1.37. The van der Waals surface area contributed by atoms with E-state index >= 15 is 0 Å². The Morgan fingerprint density at radius 1 is 0.816 bits per heavy atom. The quantitative estimate of drug-likeness (QED) is 0.132. The van der Waals surface area contributed by atoms with Gasteiger partial charge in [0.25, 0.3) is 0 Å². The van der Waals surface area contributed by atoms with E-state index in [1.54, 1.807) is 6.07 Å². The molecule has 3 nitrogen and oxygen atoms in total. The van der Waals surface area contributed by atoms with Crippen molar-refractivity contribution in [1.82, 2.24) is 0 Å². The van der Waals surface area contributed by atoms with E-state index in [1.165, 1.54) is 24.3 Å². The van der Waals surface area contributed by atoms with Crippen LogP contribution in [0.15, 0.2) is 48.5 Å². The van der Waals surface area contributed by atoms with Crippen LogP contribution in [0.4, 0.5) is 22.0 Å². The molecule has 0 bridgehead atoms. The molecule has 0 unspecified atom stereocenters. The molecule has 1 heterocycles. The topological polar surface area (TPSA) is 27.7 Å². The van der Waals surface area contributed by atoms with Crippen molar-refractivity contribution in [1.29, 1.82) is 0 Å². The van der Waals surface area contributed by atoms with Crippen LogP contribution >= 0.6 is 0 Å². The summed E-state index contributed by atoms with van der Waals surface area (Å²) in [5.74, 6) is -0.407. The third-order valence-corrected chi connectivity index (χ3v) is 6.08. The molecule has 1 aliphatic heterocycles. The second-order valence-electron chi connectivity index (χ2n) is 9.08. The van der Waals surface area contributed by atoms with Crippen molar-refractivity contribution in [2.75, 3.05) is 26.4 Å². The lowest BCUT2D eigenvalue weighted by Gasteiger charge is -2.29. The maximum atomic E-state index is 14.7. The van der Waals surface area contributed by atoms with E-state index in [2.05, 4.69) is 18.8 Å². The third-order valence-electron chi connectivity index (χ3n) is 6.08. The Bertz CT molecular complexity index is 1300. The molecule has 1 fully saturated rings. The van der Waals surface area contributed by atoms with Gasteiger partial charge in [0.15, 0.2) is 23.7 Å². The summed E-state index contributed by atoms with van der Waals surface area (Å²) in [7, 11) is 0. The molecule has 0 N–H and O–H groups in total. The van der Waals surface area contributed by atoms with Crippen molar-refractivity contribution in [3.63, 3.8) is 0 Å². The van der Waals surface area contributed by atoms with E-state index in [0.29, 0.717) is 44.1 Å². The molecular formula is C30H27F5O3. The highest BCUT2D eigenvalue weighted by molar-refractivity contribution is 5.65. The fourth-order valence-electron chi connectivity index (χ4n) is 3.99. The van der Waals surface area contributed by atoms with Gasteiger partial charge >= 0.3 is 0 Å². The molecule has 200 valence electrons. The minimum absolute atomic E-state index is 0.0927. The van der Waals surface area contributed by atoms with Gasteiger partial charge in [-0.3, -0.25) is 0 Å². The molecular weight excluding hydrogens is 503 g/mol. The van der Waals surface area contributed by atoms with Crippen LogP contribution in [0.25, 0.3) is 11.1 Å². The summed E-state index contributed by atoms with van der Waals surface area (Å²) in [5, 5.41) is 0. The van der Waals surface area contributed by atoms with Gasteiger partial charge in [-0.05, 0) is 48.4 Å².